The minimum atomic E-state index is -0.753. The number of likely N-dealkylation sites (tertiary alicyclic amines) is 1. The highest BCUT2D eigenvalue weighted by Gasteiger charge is 2.27. The molecule has 1 saturated heterocycles. The lowest BCUT2D eigenvalue weighted by molar-refractivity contribution is -0.135. The number of nitrogens with zero attached hydrogens (tertiary/aromatic N) is 6. The van der Waals surface area contributed by atoms with Crippen LogP contribution in [-0.2, 0) is 11.3 Å². The Morgan fingerprint density at radius 2 is 1.71 bits per heavy atom. The Balaban J connectivity index is 1.32. The number of pyridine rings is 1. The molecule has 3 aromatic heterocycles. The van der Waals surface area contributed by atoms with Crippen LogP contribution in [0.1, 0.15) is 75.3 Å². The third kappa shape index (κ3) is 6.38. The van der Waals surface area contributed by atoms with E-state index in [2.05, 4.69) is 27.5 Å². The summed E-state index contributed by atoms with van der Waals surface area (Å²) >= 11 is 0. The van der Waals surface area contributed by atoms with E-state index in [0.29, 0.717) is 18.1 Å². The van der Waals surface area contributed by atoms with Crippen molar-refractivity contribution >= 4 is 34.2 Å². The van der Waals surface area contributed by atoms with E-state index in [1.165, 1.54) is 22.5 Å². The first-order valence-electron chi connectivity index (χ1n) is 16.8. The third-order valence-electron chi connectivity index (χ3n) is 9.22. The second kappa shape index (κ2) is 13.5. The number of nitrogen functional groups attached to an aromatic ring is 1. The molecule has 1 aliphatic heterocycles. The summed E-state index contributed by atoms with van der Waals surface area (Å²) in [5, 5.41) is 8.30. The fraction of sp³-hybridized carbons (Fsp3) is 0.351. The number of aryl methyl sites for hydroxylation is 1. The molecule has 12 nitrogen and oxygen atoms in total. The second-order valence-electron chi connectivity index (χ2n) is 13.1. The van der Waals surface area contributed by atoms with Gasteiger partial charge in [-0.05, 0) is 92.6 Å². The molecule has 2 aromatic carbocycles. The summed E-state index contributed by atoms with van der Waals surface area (Å²) in [7, 11) is 0. The normalized spacial score (nSPS) is 13.8. The summed E-state index contributed by atoms with van der Waals surface area (Å²) in [4.78, 5) is 58.9. The monoisotopic (exact) mass is 662 g/mol. The molecule has 49 heavy (non-hydrogen) atoms. The molecule has 0 unspecified atom stereocenters. The van der Waals surface area contributed by atoms with E-state index in [0.717, 1.165) is 52.5 Å². The highest BCUT2D eigenvalue weighted by molar-refractivity contribution is 6.05. The van der Waals surface area contributed by atoms with Crippen LogP contribution in [0.2, 0.25) is 0 Å². The average molecular weight is 663 g/mol. The Morgan fingerprint density at radius 3 is 2.33 bits per heavy atom. The van der Waals surface area contributed by atoms with Crippen LogP contribution in [0.4, 0.5) is 11.5 Å². The molecule has 4 heterocycles. The summed E-state index contributed by atoms with van der Waals surface area (Å²) in [6, 6.07) is 16.3. The zero-order chi connectivity index (χ0) is 35.0. The molecule has 254 valence electrons. The van der Waals surface area contributed by atoms with Crippen LogP contribution in [0, 0.1) is 5.92 Å². The van der Waals surface area contributed by atoms with Gasteiger partial charge in [-0.2, -0.15) is 5.10 Å². The van der Waals surface area contributed by atoms with E-state index >= 15 is 0 Å². The lowest BCUT2D eigenvalue weighted by Crippen LogP contribution is -2.43. The third-order valence-corrected chi connectivity index (χ3v) is 9.22. The number of anilines is 2. The zero-order valence-corrected chi connectivity index (χ0v) is 28.5. The number of hydrogen-bond donors (Lipinski definition) is 2. The number of nitrogens with two attached hydrogens (primary N) is 1. The van der Waals surface area contributed by atoms with Gasteiger partial charge in [0.25, 0.3) is 11.5 Å². The van der Waals surface area contributed by atoms with Crippen LogP contribution < -0.4 is 22.3 Å². The van der Waals surface area contributed by atoms with Crippen LogP contribution >= 0.6 is 0 Å². The maximum Gasteiger partial charge on any atom is 0.337 e. The van der Waals surface area contributed by atoms with Crippen molar-refractivity contribution in [1.29, 1.82) is 0 Å². The molecule has 12 heteroatoms. The van der Waals surface area contributed by atoms with E-state index in [4.69, 9.17) is 5.73 Å². The van der Waals surface area contributed by atoms with Gasteiger partial charge >= 0.3 is 5.69 Å². The molecular weight excluding hydrogens is 620 g/mol. The van der Waals surface area contributed by atoms with Crippen molar-refractivity contribution in [3.63, 3.8) is 0 Å². The Labute approximate surface area is 284 Å². The Bertz CT molecular complexity index is 2140. The summed E-state index contributed by atoms with van der Waals surface area (Å²) in [5.41, 5.74) is 9.41. The van der Waals surface area contributed by atoms with Crippen molar-refractivity contribution in [3.05, 3.63) is 99.0 Å². The molecular formula is C37H42N8O4. The summed E-state index contributed by atoms with van der Waals surface area (Å²) < 4.78 is 4.18. The number of carbonyl (C=O) groups excluding carboxylic acids is 2. The fourth-order valence-corrected chi connectivity index (χ4v) is 6.58. The molecule has 1 fully saturated rings. The minimum absolute atomic E-state index is 0.0192. The van der Waals surface area contributed by atoms with Gasteiger partial charge in [0, 0.05) is 49.7 Å². The summed E-state index contributed by atoms with van der Waals surface area (Å²) in [6.45, 7) is 11.6. The van der Waals surface area contributed by atoms with Gasteiger partial charge in [-0.3, -0.25) is 23.6 Å². The average Bonchev–Trinajstić information content (AvgIpc) is 3.43. The first kappa shape index (κ1) is 33.4. The van der Waals surface area contributed by atoms with Gasteiger partial charge < -0.3 is 16.0 Å². The van der Waals surface area contributed by atoms with Crippen molar-refractivity contribution in [2.75, 3.05) is 24.1 Å². The van der Waals surface area contributed by atoms with Crippen LogP contribution in [0.5, 0.6) is 0 Å². The highest BCUT2D eigenvalue weighted by Crippen LogP contribution is 2.39. The standard InChI is InChI=1S/C37H42N8O4/c1-6-44-30-20-26(24-14-17-42(18-15-24)35(47)22(2)3)19-28(32(30)33(38)41-44)25-10-12-27(13-11-25)40-34(46)29-21-43(23(4)5)37(49)45(36(29)48)31-9-7-8-16-39-31/h7-13,16,19-24H,6,14-15,17-18H2,1-5H3,(H2,38,41)(H,40,46). The van der Waals surface area contributed by atoms with Crippen molar-refractivity contribution in [2.24, 2.45) is 5.92 Å². The van der Waals surface area contributed by atoms with Gasteiger partial charge in [0.1, 0.15) is 11.4 Å². The Morgan fingerprint density at radius 1 is 1.00 bits per heavy atom. The topological polar surface area (TPSA) is 150 Å². The molecule has 0 aliphatic carbocycles. The predicted octanol–water partition coefficient (Wildman–Crippen LogP) is 5.21. The van der Waals surface area contributed by atoms with Gasteiger partial charge in [-0.15, -0.1) is 0 Å². The van der Waals surface area contributed by atoms with Crippen molar-refractivity contribution in [3.8, 4) is 16.9 Å². The lowest BCUT2D eigenvalue weighted by Gasteiger charge is -2.33. The Kier molecular flexibility index (Phi) is 9.22. The molecule has 0 spiro atoms. The van der Waals surface area contributed by atoms with Gasteiger partial charge in [0.05, 0.1) is 10.9 Å². The molecule has 0 radical (unpaired) electrons. The van der Waals surface area contributed by atoms with Crippen LogP contribution in [0.3, 0.4) is 0 Å². The van der Waals surface area contributed by atoms with Gasteiger partial charge in [0.15, 0.2) is 5.82 Å². The molecule has 0 bridgehead atoms. The second-order valence-corrected chi connectivity index (χ2v) is 13.1. The Hall–Kier alpha value is -5.52. The van der Waals surface area contributed by atoms with Crippen LogP contribution in [-0.4, -0.2) is 53.7 Å². The van der Waals surface area contributed by atoms with E-state index in [1.807, 2.05) is 42.5 Å². The number of nitrogens with one attached hydrogen (secondary N) is 1. The number of hydrogen-bond acceptors (Lipinski definition) is 7. The number of carbonyl (C=O) groups is 2. The van der Waals surface area contributed by atoms with Gasteiger partial charge in [-0.1, -0.05) is 32.0 Å². The van der Waals surface area contributed by atoms with Crippen LogP contribution in [0.15, 0.2) is 76.6 Å². The van der Waals surface area contributed by atoms with Crippen molar-refractivity contribution in [2.45, 2.75) is 66.0 Å². The predicted molar refractivity (Wildman–Crippen MR) is 191 cm³/mol. The highest BCUT2D eigenvalue weighted by atomic mass is 16.2. The SMILES string of the molecule is CCn1nc(N)c2c(-c3ccc(NC(=O)c4cn(C(C)C)c(=O)n(-c5ccccn5)c4=O)cc3)cc(C3CCN(C(=O)C(C)C)CC3)cc21. The van der Waals surface area contributed by atoms with Crippen LogP contribution in [0.25, 0.3) is 27.8 Å². The van der Waals surface area contributed by atoms with E-state index < -0.39 is 17.2 Å². The smallest absolute Gasteiger partial charge is 0.337 e. The van der Waals surface area contributed by atoms with E-state index in [-0.39, 0.29) is 35.2 Å². The minimum Gasteiger partial charge on any atom is -0.382 e. The number of benzene rings is 2. The number of rotatable bonds is 8. The molecule has 3 N–H and O–H groups in total. The molecule has 2 amide bonds. The first-order valence-corrected chi connectivity index (χ1v) is 16.8. The number of piperidine rings is 1. The number of fused-ring (bicyclic) bond motifs is 1. The van der Waals surface area contributed by atoms with E-state index in [1.54, 1.807) is 44.2 Å². The first-order chi connectivity index (χ1) is 23.5. The quantitative estimate of drug-likeness (QED) is 0.232. The van der Waals surface area contributed by atoms with Crippen molar-refractivity contribution < 1.29 is 9.59 Å². The fourth-order valence-electron chi connectivity index (χ4n) is 6.58. The summed E-state index contributed by atoms with van der Waals surface area (Å²) in [6.07, 6.45) is 4.53. The van der Waals surface area contributed by atoms with Crippen molar-refractivity contribution in [1.82, 2.24) is 28.8 Å². The number of amides is 2. The number of aromatic nitrogens is 5. The summed E-state index contributed by atoms with van der Waals surface area (Å²) in [5.74, 6) is 0.395. The molecule has 6 rings (SSSR count). The zero-order valence-electron chi connectivity index (χ0n) is 28.5. The maximum atomic E-state index is 13.5. The van der Waals surface area contributed by atoms with Gasteiger partial charge in [-0.25, -0.2) is 14.3 Å². The molecule has 5 aromatic rings. The molecule has 0 atom stereocenters. The lowest BCUT2D eigenvalue weighted by atomic mass is 9.86. The molecule has 1 aliphatic rings. The molecule has 0 saturated carbocycles. The maximum absolute atomic E-state index is 13.5. The largest absolute Gasteiger partial charge is 0.382 e. The van der Waals surface area contributed by atoms with Gasteiger partial charge in [0.2, 0.25) is 5.91 Å². The van der Waals surface area contributed by atoms with E-state index in [9.17, 15) is 19.2 Å².